The number of carbonyl (C=O) groups excluding carboxylic acids is 1. The van der Waals surface area contributed by atoms with Crippen LogP contribution in [0.25, 0.3) is 0 Å². The van der Waals surface area contributed by atoms with Crippen LogP contribution in [0.5, 0.6) is 0 Å². The van der Waals surface area contributed by atoms with Crippen LogP contribution in [0.15, 0.2) is 0 Å². The summed E-state index contributed by atoms with van der Waals surface area (Å²) in [6, 6.07) is 0.320. The summed E-state index contributed by atoms with van der Waals surface area (Å²) in [5.74, 6) is 0. The van der Waals surface area contributed by atoms with Crippen molar-refractivity contribution in [1.82, 2.24) is 10.2 Å². The average Bonchev–Trinajstić information content (AvgIpc) is 2.06. The minimum atomic E-state index is -0.429. The Morgan fingerprint density at radius 3 is 2.50 bits per heavy atom. The smallest absolute Gasteiger partial charge is 0.410 e. The number of rotatable bonds is 0. The number of piperazine rings is 1. The summed E-state index contributed by atoms with van der Waals surface area (Å²) in [6.07, 6.45) is -0.217. The second-order valence-corrected chi connectivity index (χ2v) is 6.19. The van der Waals surface area contributed by atoms with Crippen molar-refractivity contribution in [3.8, 4) is 0 Å². The standard InChI is InChI=1S/C12H24N2O2/c1-9-7-14(12(5,6)8-13-9)10(15)16-11(2,3)4/h9,13H,7-8H2,1-6H3. The van der Waals surface area contributed by atoms with Crippen molar-refractivity contribution in [3.63, 3.8) is 0 Å². The van der Waals surface area contributed by atoms with Gasteiger partial charge in [-0.1, -0.05) is 0 Å². The van der Waals surface area contributed by atoms with E-state index >= 15 is 0 Å². The van der Waals surface area contributed by atoms with Crippen molar-refractivity contribution in [3.05, 3.63) is 0 Å². The van der Waals surface area contributed by atoms with E-state index in [1.807, 2.05) is 25.7 Å². The van der Waals surface area contributed by atoms with E-state index in [2.05, 4.69) is 26.1 Å². The molecule has 4 nitrogen and oxygen atoms in total. The number of nitrogens with zero attached hydrogens (tertiary/aromatic N) is 1. The Bertz CT molecular complexity index is 269. The van der Waals surface area contributed by atoms with Crippen LogP contribution in [0.1, 0.15) is 41.5 Å². The van der Waals surface area contributed by atoms with Crippen LogP contribution in [-0.2, 0) is 4.74 Å². The van der Waals surface area contributed by atoms with E-state index in [1.54, 1.807) is 0 Å². The first-order valence-corrected chi connectivity index (χ1v) is 5.86. The quantitative estimate of drug-likeness (QED) is 0.689. The number of hydrogen-bond donors (Lipinski definition) is 1. The summed E-state index contributed by atoms with van der Waals surface area (Å²) in [7, 11) is 0. The summed E-state index contributed by atoms with van der Waals surface area (Å²) in [4.78, 5) is 13.9. The lowest BCUT2D eigenvalue weighted by molar-refractivity contribution is -0.00798. The molecule has 1 aliphatic rings. The first kappa shape index (κ1) is 13.3. The van der Waals surface area contributed by atoms with Crippen LogP contribution in [0.4, 0.5) is 4.79 Å². The number of carbonyl (C=O) groups is 1. The second kappa shape index (κ2) is 4.24. The molecule has 94 valence electrons. The van der Waals surface area contributed by atoms with Gasteiger partial charge in [0.25, 0.3) is 0 Å². The molecule has 1 rings (SSSR count). The van der Waals surface area contributed by atoms with Crippen LogP contribution >= 0.6 is 0 Å². The lowest BCUT2D eigenvalue weighted by Crippen LogP contribution is -2.63. The zero-order chi connectivity index (χ0) is 12.6. The Hall–Kier alpha value is -0.770. The molecule has 0 spiro atoms. The van der Waals surface area contributed by atoms with E-state index < -0.39 is 5.60 Å². The zero-order valence-corrected chi connectivity index (χ0v) is 11.3. The second-order valence-electron chi connectivity index (χ2n) is 6.19. The molecule has 1 N–H and O–H groups in total. The molecule has 1 saturated heterocycles. The van der Waals surface area contributed by atoms with Crippen molar-refractivity contribution in [2.45, 2.75) is 58.7 Å². The molecule has 0 aliphatic carbocycles. The topological polar surface area (TPSA) is 41.6 Å². The first-order chi connectivity index (χ1) is 7.12. The maximum atomic E-state index is 12.1. The average molecular weight is 228 g/mol. The summed E-state index contributed by atoms with van der Waals surface area (Å²) in [5, 5.41) is 3.37. The lowest BCUT2D eigenvalue weighted by Gasteiger charge is -2.45. The fourth-order valence-electron chi connectivity index (χ4n) is 1.74. The van der Waals surface area contributed by atoms with E-state index in [9.17, 15) is 4.79 Å². The molecule has 16 heavy (non-hydrogen) atoms. The maximum Gasteiger partial charge on any atom is 0.410 e. The Kier molecular flexibility index (Phi) is 3.53. The predicted molar refractivity (Wildman–Crippen MR) is 64.5 cm³/mol. The van der Waals surface area contributed by atoms with E-state index in [4.69, 9.17) is 4.74 Å². The van der Waals surface area contributed by atoms with Crippen LogP contribution in [0.2, 0.25) is 0 Å². The van der Waals surface area contributed by atoms with Crippen molar-refractivity contribution >= 4 is 6.09 Å². The Labute approximate surface area is 98.3 Å². The monoisotopic (exact) mass is 228 g/mol. The molecular weight excluding hydrogens is 204 g/mol. The molecule has 0 aromatic rings. The predicted octanol–water partition coefficient (Wildman–Crippen LogP) is 1.99. The minimum absolute atomic E-state index is 0.186. The van der Waals surface area contributed by atoms with Crippen LogP contribution in [-0.4, -0.2) is 41.3 Å². The first-order valence-electron chi connectivity index (χ1n) is 5.86. The summed E-state index contributed by atoms with van der Waals surface area (Å²) in [5.41, 5.74) is -0.615. The number of ether oxygens (including phenoxy) is 1. The molecule has 4 heteroatoms. The normalized spacial score (nSPS) is 25.4. The summed E-state index contributed by atoms with van der Waals surface area (Å²) >= 11 is 0. The van der Waals surface area contributed by atoms with Gasteiger partial charge in [0.1, 0.15) is 5.60 Å². The molecule has 0 aromatic heterocycles. The van der Waals surface area contributed by atoms with Crippen LogP contribution < -0.4 is 5.32 Å². The number of amides is 1. The van der Waals surface area contributed by atoms with Crippen LogP contribution in [0, 0.1) is 0 Å². The molecule has 0 radical (unpaired) electrons. The third-order valence-corrected chi connectivity index (χ3v) is 2.68. The highest BCUT2D eigenvalue weighted by molar-refractivity contribution is 5.69. The molecule has 1 fully saturated rings. The lowest BCUT2D eigenvalue weighted by atomic mass is 9.98. The Morgan fingerprint density at radius 1 is 1.44 bits per heavy atom. The fourth-order valence-corrected chi connectivity index (χ4v) is 1.74. The SMILES string of the molecule is CC1CN(C(=O)OC(C)(C)C)C(C)(C)CN1. The van der Waals surface area contributed by atoms with E-state index in [1.165, 1.54) is 0 Å². The molecule has 1 heterocycles. The van der Waals surface area contributed by atoms with Gasteiger partial charge >= 0.3 is 6.09 Å². The van der Waals surface area contributed by atoms with Gasteiger partial charge in [0, 0.05) is 19.1 Å². The minimum Gasteiger partial charge on any atom is -0.444 e. The third kappa shape index (κ3) is 3.37. The molecule has 1 amide bonds. The van der Waals surface area contributed by atoms with Gasteiger partial charge in [-0.3, -0.25) is 0 Å². The molecule has 0 aromatic carbocycles. The Balaban J connectivity index is 2.72. The summed E-state index contributed by atoms with van der Waals surface area (Å²) in [6.45, 7) is 13.4. The zero-order valence-electron chi connectivity index (χ0n) is 11.3. The van der Waals surface area contributed by atoms with E-state index in [-0.39, 0.29) is 11.6 Å². The van der Waals surface area contributed by atoms with Gasteiger partial charge in [0.2, 0.25) is 0 Å². The molecule has 1 unspecified atom stereocenters. The van der Waals surface area contributed by atoms with Gasteiger partial charge in [-0.2, -0.15) is 0 Å². The van der Waals surface area contributed by atoms with Gasteiger partial charge in [-0.05, 0) is 41.5 Å². The highest BCUT2D eigenvalue weighted by atomic mass is 16.6. The van der Waals surface area contributed by atoms with E-state index in [0.29, 0.717) is 12.6 Å². The van der Waals surface area contributed by atoms with Gasteiger partial charge in [0.15, 0.2) is 0 Å². The summed E-state index contributed by atoms with van der Waals surface area (Å²) < 4.78 is 5.42. The van der Waals surface area contributed by atoms with Crippen molar-refractivity contribution in [2.24, 2.45) is 0 Å². The highest BCUT2D eigenvalue weighted by Gasteiger charge is 2.37. The van der Waals surface area contributed by atoms with Gasteiger partial charge in [-0.25, -0.2) is 4.79 Å². The molecule has 1 aliphatic heterocycles. The van der Waals surface area contributed by atoms with Gasteiger partial charge < -0.3 is 15.0 Å². The van der Waals surface area contributed by atoms with Crippen molar-refractivity contribution < 1.29 is 9.53 Å². The third-order valence-electron chi connectivity index (χ3n) is 2.68. The van der Waals surface area contributed by atoms with Crippen molar-refractivity contribution in [1.29, 1.82) is 0 Å². The fraction of sp³-hybridized carbons (Fsp3) is 0.917. The van der Waals surface area contributed by atoms with Crippen LogP contribution in [0.3, 0.4) is 0 Å². The highest BCUT2D eigenvalue weighted by Crippen LogP contribution is 2.21. The molecular formula is C12H24N2O2. The Morgan fingerprint density at radius 2 is 2.00 bits per heavy atom. The number of nitrogens with one attached hydrogen (secondary N) is 1. The van der Waals surface area contributed by atoms with Crippen molar-refractivity contribution in [2.75, 3.05) is 13.1 Å². The van der Waals surface area contributed by atoms with Gasteiger partial charge in [-0.15, -0.1) is 0 Å². The molecule has 0 bridgehead atoms. The van der Waals surface area contributed by atoms with E-state index in [0.717, 1.165) is 6.54 Å². The molecule has 1 atom stereocenters. The largest absolute Gasteiger partial charge is 0.444 e. The molecule has 0 saturated carbocycles. The van der Waals surface area contributed by atoms with Gasteiger partial charge in [0.05, 0.1) is 5.54 Å². The maximum absolute atomic E-state index is 12.1. The number of hydrogen-bond acceptors (Lipinski definition) is 3.